The Hall–Kier alpha value is -1.16. The van der Waals surface area contributed by atoms with Crippen LogP contribution >= 0.6 is 0 Å². The van der Waals surface area contributed by atoms with Crippen LogP contribution in [0.15, 0.2) is 0 Å². The van der Waals surface area contributed by atoms with E-state index in [4.69, 9.17) is 4.74 Å². The molecule has 0 radical (unpaired) electrons. The number of halogens is 9. The van der Waals surface area contributed by atoms with Gasteiger partial charge < -0.3 is 4.74 Å². The van der Waals surface area contributed by atoms with Gasteiger partial charge in [0.15, 0.2) is 0 Å². The number of hydrogen-bond acceptors (Lipinski definition) is 2. The zero-order valence-electron chi connectivity index (χ0n) is 15.9. The first-order valence-electron chi connectivity index (χ1n) is 8.68. The molecule has 0 aliphatic heterocycles. The number of ether oxygens (including phenoxy) is 1. The Bertz CT molecular complexity index is 499. The number of alkyl halides is 9. The lowest BCUT2D eigenvalue weighted by molar-refractivity contribution is -0.214. The standard InChI is InChI=1S/C17H25F9O2/c1-4-13(2,3)12(27)28-8-6-5-7-14(18,19)9-15(20,21)10-16(22,23)11-17(24,25)26/h4-11H2,1-3H3. The highest BCUT2D eigenvalue weighted by Gasteiger charge is 2.52. The molecule has 0 N–H and O–H groups in total. The van der Waals surface area contributed by atoms with Crippen LogP contribution < -0.4 is 0 Å². The van der Waals surface area contributed by atoms with Gasteiger partial charge in [-0.3, -0.25) is 4.79 Å². The minimum Gasteiger partial charge on any atom is -0.465 e. The number of carbonyl (C=O) groups excluding carboxylic acids is 1. The van der Waals surface area contributed by atoms with Crippen molar-refractivity contribution < 1.29 is 49.0 Å². The lowest BCUT2D eigenvalue weighted by Crippen LogP contribution is -2.37. The summed E-state index contributed by atoms with van der Waals surface area (Å²) in [5.74, 6) is -14.1. The van der Waals surface area contributed by atoms with E-state index < -0.39 is 61.0 Å². The van der Waals surface area contributed by atoms with Crippen molar-refractivity contribution >= 4 is 5.97 Å². The third-order valence-electron chi connectivity index (χ3n) is 4.10. The molecule has 0 saturated heterocycles. The molecule has 0 aromatic carbocycles. The van der Waals surface area contributed by atoms with E-state index in [0.29, 0.717) is 6.42 Å². The maximum Gasteiger partial charge on any atom is 0.394 e. The summed E-state index contributed by atoms with van der Waals surface area (Å²) in [5.41, 5.74) is -0.756. The fourth-order valence-corrected chi connectivity index (χ4v) is 2.25. The zero-order chi connectivity index (χ0) is 22.4. The van der Waals surface area contributed by atoms with E-state index in [1.807, 2.05) is 0 Å². The van der Waals surface area contributed by atoms with Crippen LogP contribution in [-0.2, 0) is 9.53 Å². The van der Waals surface area contributed by atoms with Gasteiger partial charge in [-0.1, -0.05) is 6.92 Å². The minimum absolute atomic E-state index is 0.0586. The van der Waals surface area contributed by atoms with E-state index >= 15 is 0 Å². The molecule has 11 heteroatoms. The molecule has 0 bridgehead atoms. The van der Waals surface area contributed by atoms with Crippen LogP contribution in [0.2, 0.25) is 0 Å². The summed E-state index contributed by atoms with van der Waals surface area (Å²) in [4.78, 5) is 11.7. The summed E-state index contributed by atoms with van der Waals surface area (Å²) >= 11 is 0. The summed E-state index contributed by atoms with van der Waals surface area (Å²) in [6.45, 7) is 4.79. The van der Waals surface area contributed by atoms with Gasteiger partial charge in [-0.25, -0.2) is 26.3 Å². The quantitative estimate of drug-likeness (QED) is 0.193. The molecule has 0 spiro atoms. The molecule has 0 aliphatic rings. The van der Waals surface area contributed by atoms with Crippen molar-refractivity contribution in [3.63, 3.8) is 0 Å². The van der Waals surface area contributed by atoms with Gasteiger partial charge in [0.05, 0.1) is 24.9 Å². The smallest absolute Gasteiger partial charge is 0.394 e. The second-order valence-corrected chi connectivity index (χ2v) is 7.54. The number of rotatable bonds is 12. The second kappa shape index (κ2) is 9.56. The molecule has 0 unspecified atom stereocenters. The maximum absolute atomic E-state index is 13.6. The molecule has 2 nitrogen and oxygen atoms in total. The molecule has 0 heterocycles. The third-order valence-corrected chi connectivity index (χ3v) is 4.10. The molecular weight excluding hydrogens is 407 g/mol. The first kappa shape index (κ1) is 26.8. The van der Waals surface area contributed by atoms with Gasteiger partial charge in [0.1, 0.15) is 6.42 Å². The van der Waals surface area contributed by atoms with Crippen molar-refractivity contribution in [1.82, 2.24) is 0 Å². The molecule has 0 amide bonds. The second-order valence-electron chi connectivity index (χ2n) is 7.54. The number of carbonyl (C=O) groups is 1. The Morgan fingerprint density at radius 1 is 0.750 bits per heavy atom. The van der Waals surface area contributed by atoms with Crippen LogP contribution in [0, 0.1) is 5.41 Å². The zero-order valence-corrected chi connectivity index (χ0v) is 15.9. The predicted molar refractivity (Wildman–Crippen MR) is 83.6 cm³/mol. The molecule has 0 aromatic heterocycles. The van der Waals surface area contributed by atoms with E-state index in [1.165, 1.54) is 0 Å². The van der Waals surface area contributed by atoms with Crippen LogP contribution in [0.4, 0.5) is 39.5 Å². The summed E-state index contributed by atoms with van der Waals surface area (Å²) in [5, 5.41) is 0. The number of unbranched alkanes of at least 4 members (excludes halogenated alkanes) is 1. The van der Waals surface area contributed by atoms with Gasteiger partial charge in [-0.2, -0.15) is 13.2 Å². The Balaban J connectivity index is 4.46. The maximum atomic E-state index is 13.6. The normalized spacial score (nSPS) is 14.3. The van der Waals surface area contributed by atoms with Crippen LogP contribution in [-0.4, -0.2) is 36.5 Å². The highest BCUT2D eigenvalue weighted by atomic mass is 19.4. The highest BCUT2D eigenvalue weighted by Crippen LogP contribution is 2.43. The number of esters is 1. The predicted octanol–water partition coefficient (Wildman–Crippen LogP) is 6.77. The molecular formula is C17H25F9O2. The SMILES string of the molecule is CCC(C)(C)C(=O)OCCCCC(F)(F)CC(F)(F)CC(F)(F)CC(F)(F)F. The van der Waals surface area contributed by atoms with E-state index in [0.717, 1.165) is 0 Å². The monoisotopic (exact) mass is 432 g/mol. The van der Waals surface area contributed by atoms with E-state index in [-0.39, 0.29) is 19.4 Å². The van der Waals surface area contributed by atoms with Crippen LogP contribution in [0.1, 0.15) is 65.7 Å². The van der Waals surface area contributed by atoms with Gasteiger partial charge in [0, 0.05) is 6.42 Å². The minimum atomic E-state index is -5.40. The van der Waals surface area contributed by atoms with E-state index in [9.17, 15) is 44.3 Å². The molecule has 0 aliphatic carbocycles. The van der Waals surface area contributed by atoms with Crippen molar-refractivity contribution in [2.45, 2.75) is 89.7 Å². The molecule has 168 valence electrons. The van der Waals surface area contributed by atoms with Crippen molar-refractivity contribution in [2.75, 3.05) is 6.61 Å². The summed E-state index contributed by atoms with van der Waals surface area (Å²) in [7, 11) is 0. The molecule has 0 rings (SSSR count). The van der Waals surface area contributed by atoms with Crippen molar-refractivity contribution in [2.24, 2.45) is 5.41 Å². The molecule has 0 saturated carbocycles. The van der Waals surface area contributed by atoms with Gasteiger partial charge in [-0.05, 0) is 33.1 Å². The molecule has 28 heavy (non-hydrogen) atoms. The Morgan fingerprint density at radius 3 is 1.68 bits per heavy atom. The summed E-state index contributed by atoms with van der Waals surface area (Å²) in [6.07, 6.45) is -14.1. The fraction of sp³-hybridized carbons (Fsp3) is 0.941. The van der Waals surface area contributed by atoms with Gasteiger partial charge >= 0.3 is 12.1 Å². The van der Waals surface area contributed by atoms with E-state index in [1.54, 1.807) is 20.8 Å². The average molecular weight is 432 g/mol. The van der Waals surface area contributed by atoms with Gasteiger partial charge in [0.2, 0.25) is 0 Å². The van der Waals surface area contributed by atoms with Crippen LogP contribution in [0.5, 0.6) is 0 Å². The Morgan fingerprint density at radius 2 is 1.21 bits per heavy atom. The Kier molecular flexibility index (Phi) is 9.16. The molecule has 0 atom stereocenters. The van der Waals surface area contributed by atoms with Crippen LogP contribution in [0.25, 0.3) is 0 Å². The van der Waals surface area contributed by atoms with Crippen molar-refractivity contribution in [3.8, 4) is 0 Å². The third kappa shape index (κ3) is 11.6. The lowest BCUT2D eigenvalue weighted by Gasteiger charge is -2.27. The first-order chi connectivity index (χ1) is 12.3. The first-order valence-corrected chi connectivity index (χ1v) is 8.68. The highest BCUT2D eigenvalue weighted by molar-refractivity contribution is 5.75. The Labute approximate surface area is 157 Å². The van der Waals surface area contributed by atoms with Gasteiger partial charge in [0.25, 0.3) is 17.8 Å². The summed E-state index contributed by atoms with van der Waals surface area (Å²) < 4.78 is 121. The van der Waals surface area contributed by atoms with Crippen LogP contribution in [0.3, 0.4) is 0 Å². The fourth-order valence-electron chi connectivity index (χ4n) is 2.25. The average Bonchev–Trinajstić information content (AvgIpc) is 2.40. The molecule has 0 fully saturated rings. The van der Waals surface area contributed by atoms with Gasteiger partial charge in [-0.15, -0.1) is 0 Å². The van der Waals surface area contributed by atoms with Crippen molar-refractivity contribution in [1.29, 1.82) is 0 Å². The number of hydrogen-bond donors (Lipinski definition) is 0. The summed E-state index contributed by atoms with van der Waals surface area (Å²) in [6, 6.07) is 0. The molecule has 0 aromatic rings. The largest absolute Gasteiger partial charge is 0.465 e. The topological polar surface area (TPSA) is 26.3 Å². The lowest BCUT2D eigenvalue weighted by atomic mass is 9.91. The van der Waals surface area contributed by atoms with Crippen molar-refractivity contribution in [3.05, 3.63) is 0 Å². The van der Waals surface area contributed by atoms with E-state index in [2.05, 4.69) is 0 Å².